The third-order valence-corrected chi connectivity index (χ3v) is 5.80. The summed E-state index contributed by atoms with van der Waals surface area (Å²) in [4.78, 5) is 0. The highest BCUT2D eigenvalue weighted by Crippen LogP contribution is 2.27. The molecule has 0 fully saturated rings. The van der Waals surface area contributed by atoms with Gasteiger partial charge < -0.3 is 0 Å². The van der Waals surface area contributed by atoms with Crippen molar-refractivity contribution in [1.82, 2.24) is 34.3 Å². The molecule has 4 aromatic rings. The van der Waals surface area contributed by atoms with Gasteiger partial charge in [-0.05, 0) is 56.8 Å². The minimum Gasteiger partial charge on any atom is -0.264 e. The van der Waals surface area contributed by atoms with E-state index in [0.29, 0.717) is 27.2 Å². The van der Waals surface area contributed by atoms with E-state index in [4.69, 9.17) is 40.5 Å². The van der Waals surface area contributed by atoms with Crippen LogP contribution >= 0.6 is 35.4 Å². The van der Waals surface area contributed by atoms with Gasteiger partial charge >= 0.3 is 0 Å². The normalized spacial score (nSPS) is 11.4. The third kappa shape index (κ3) is 3.52. The van der Waals surface area contributed by atoms with Gasteiger partial charge in [0, 0.05) is 7.05 Å². The summed E-state index contributed by atoms with van der Waals surface area (Å²) >= 11 is 17.7. The van der Waals surface area contributed by atoms with Gasteiger partial charge in [0.05, 0.1) is 39.4 Å². The van der Waals surface area contributed by atoms with E-state index in [9.17, 15) is 0 Å². The number of aryl methyl sites for hydroxylation is 3. The van der Waals surface area contributed by atoms with Crippen LogP contribution in [0.4, 0.5) is 0 Å². The smallest absolute Gasteiger partial charge is 0.200 e. The Hall–Kier alpha value is -2.42. The first-order valence-electron chi connectivity index (χ1n) is 8.93. The van der Waals surface area contributed by atoms with Crippen molar-refractivity contribution >= 4 is 35.4 Å². The zero-order valence-corrected chi connectivity index (χ0v) is 18.7. The highest BCUT2D eigenvalue weighted by Gasteiger charge is 2.21. The fourth-order valence-corrected chi connectivity index (χ4v) is 4.02. The maximum Gasteiger partial charge on any atom is 0.200 e. The van der Waals surface area contributed by atoms with Gasteiger partial charge in [-0.3, -0.25) is 19.0 Å². The van der Waals surface area contributed by atoms with Crippen molar-refractivity contribution in [2.75, 3.05) is 0 Å². The van der Waals surface area contributed by atoms with Crippen LogP contribution in [0.15, 0.2) is 24.3 Å². The van der Waals surface area contributed by atoms with Crippen LogP contribution in [-0.2, 0) is 13.6 Å². The van der Waals surface area contributed by atoms with Crippen LogP contribution in [0.3, 0.4) is 0 Å². The molecule has 3 aromatic heterocycles. The van der Waals surface area contributed by atoms with Crippen molar-refractivity contribution in [1.29, 1.82) is 0 Å². The van der Waals surface area contributed by atoms with Gasteiger partial charge in [-0.15, -0.1) is 0 Å². The fraction of sp³-hybridized carbons (Fsp3) is 0.263. The van der Waals surface area contributed by atoms with E-state index < -0.39 is 0 Å². The first-order valence-corrected chi connectivity index (χ1v) is 10.1. The SMILES string of the molecule is Cc1cc(-c2n[nH]c(=S)n2-c2c(C)nn(Cc3ccc(Cl)c(Cl)c3)c2C)n(C)n1. The zero-order valence-electron chi connectivity index (χ0n) is 16.4. The van der Waals surface area contributed by atoms with Crippen molar-refractivity contribution < 1.29 is 0 Å². The summed E-state index contributed by atoms with van der Waals surface area (Å²) in [6.07, 6.45) is 0. The number of hydrogen-bond donors (Lipinski definition) is 1. The van der Waals surface area contributed by atoms with Crippen molar-refractivity contribution in [3.8, 4) is 17.2 Å². The van der Waals surface area contributed by atoms with Crippen LogP contribution in [0.2, 0.25) is 10.0 Å². The summed E-state index contributed by atoms with van der Waals surface area (Å²) in [6, 6.07) is 7.57. The second kappa shape index (κ2) is 7.44. The molecule has 0 saturated heterocycles. The maximum absolute atomic E-state index is 6.16. The van der Waals surface area contributed by atoms with Gasteiger partial charge in [0.2, 0.25) is 0 Å². The van der Waals surface area contributed by atoms with Gasteiger partial charge in [-0.25, -0.2) is 0 Å². The molecular formula is C19H19Cl2N7S. The van der Waals surface area contributed by atoms with E-state index in [0.717, 1.165) is 34.0 Å². The van der Waals surface area contributed by atoms with Crippen LogP contribution in [0.25, 0.3) is 17.2 Å². The number of aromatic amines is 1. The summed E-state index contributed by atoms with van der Waals surface area (Å²) in [5.41, 5.74) is 5.50. The quantitative estimate of drug-likeness (QED) is 0.455. The Balaban J connectivity index is 1.82. The molecule has 150 valence electrons. The minimum absolute atomic E-state index is 0.499. The molecule has 0 amide bonds. The second-order valence-corrected chi connectivity index (χ2v) is 8.11. The third-order valence-electron chi connectivity index (χ3n) is 4.79. The summed E-state index contributed by atoms with van der Waals surface area (Å²) in [5.74, 6) is 0.693. The van der Waals surface area contributed by atoms with Crippen LogP contribution in [0, 0.1) is 25.5 Å². The van der Waals surface area contributed by atoms with Gasteiger partial charge in [0.15, 0.2) is 10.6 Å². The minimum atomic E-state index is 0.499. The highest BCUT2D eigenvalue weighted by molar-refractivity contribution is 7.71. The van der Waals surface area contributed by atoms with Gasteiger partial charge in [-0.1, -0.05) is 29.3 Å². The summed E-state index contributed by atoms with van der Waals surface area (Å²) in [6.45, 7) is 6.48. The van der Waals surface area contributed by atoms with Crippen molar-refractivity contribution in [3.63, 3.8) is 0 Å². The molecular weight excluding hydrogens is 429 g/mol. The Bertz CT molecular complexity index is 1280. The Kier molecular flexibility index (Phi) is 5.10. The molecule has 0 aliphatic rings. The van der Waals surface area contributed by atoms with E-state index in [1.165, 1.54) is 0 Å². The number of hydrogen-bond acceptors (Lipinski definition) is 4. The van der Waals surface area contributed by atoms with E-state index in [1.807, 2.05) is 55.3 Å². The lowest BCUT2D eigenvalue weighted by Gasteiger charge is -2.09. The molecule has 0 bridgehead atoms. The summed E-state index contributed by atoms with van der Waals surface area (Å²) < 4.78 is 6.13. The number of nitrogens with zero attached hydrogens (tertiary/aromatic N) is 6. The lowest BCUT2D eigenvalue weighted by atomic mass is 10.2. The first-order chi connectivity index (χ1) is 13.8. The van der Waals surface area contributed by atoms with E-state index in [1.54, 1.807) is 10.7 Å². The number of nitrogens with one attached hydrogen (secondary N) is 1. The fourth-order valence-electron chi connectivity index (χ4n) is 3.47. The van der Waals surface area contributed by atoms with E-state index in [-0.39, 0.29) is 0 Å². The molecule has 0 saturated carbocycles. The Morgan fingerprint density at radius 3 is 2.48 bits per heavy atom. The molecule has 1 N–H and O–H groups in total. The van der Waals surface area contributed by atoms with Crippen molar-refractivity contribution in [2.45, 2.75) is 27.3 Å². The molecule has 0 unspecified atom stereocenters. The zero-order chi connectivity index (χ0) is 20.9. The van der Waals surface area contributed by atoms with Crippen LogP contribution in [0.1, 0.15) is 22.6 Å². The number of rotatable bonds is 4. The largest absolute Gasteiger partial charge is 0.264 e. The molecule has 1 aromatic carbocycles. The topological polar surface area (TPSA) is 69.2 Å². The average Bonchev–Trinajstić information content (AvgIpc) is 3.27. The number of benzene rings is 1. The molecule has 3 heterocycles. The highest BCUT2D eigenvalue weighted by atomic mass is 35.5. The maximum atomic E-state index is 6.16. The van der Waals surface area contributed by atoms with E-state index >= 15 is 0 Å². The molecule has 29 heavy (non-hydrogen) atoms. The molecule has 0 aliphatic carbocycles. The molecule has 0 spiro atoms. The van der Waals surface area contributed by atoms with Gasteiger partial charge in [-0.2, -0.15) is 15.3 Å². The Morgan fingerprint density at radius 2 is 1.83 bits per heavy atom. The van der Waals surface area contributed by atoms with Gasteiger partial charge in [0.25, 0.3) is 0 Å². The van der Waals surface area contributed by atoms with Crippen LogP contribution in [-0.4, -0.2) is 34.3 Å². The molecule has 0 radical (unpaired) electrons. The van der Waals surface area contributed by atoms with Crippen molar-refractivity contribution in [2.24, 2.45) is 7.05 Å². The number of halogens is 2. The van der Waals surface area contributed by atoms with Crippen LogP contribution < -0.4 is 0 Å². The Labute approximate surface area is 182 Å². The molecule has 0 aliphatic heterocycles. The van der Waals surface area contributed by atoms with E-state index in [2.05, 4.69) is 15.3 Å². The standard InChI is InChI=1S/C19H19Cl2N7S/c1-10-7-16(26(4)24-10)18-22-23-19(29)28(18)17-11(2)25-27(12(17)3)9-13-5-6-14(20)15(21)8-13/h5-8H,9H2,1-4H3,(H,23,29). The molecule has 0 atom stereocenters. The number of H-pyrrole nitrogens is 1. The van der Waals surface area contributed by atoms with Crippen molar-refractivity contribution in [3.05, 3.63) is 61.7 Å². The monoisotopic (exact) mass is 447 g/mol. The predicted molar refractivity (Wildman–Crippen MR) is 117 cm³/mol. The second-order valence-electron chi connectivity index (χ2n) is 6.91. The number of aromatic nitrogens is 7. The predicted octanol–water partition coefficient (Wildman–Crippen LogP) is 4.81. The summed E-state index contributed by atoms with van der Waals surface area (Å²) in [7, 11) is 1.89. The molecule has 7 nitrogen and oxygen atoms in total. The lowest BCUT2D eigenvalue weighted by molar-refractivity contribution is 0.658. The molecule has 10 heteroatoms. The first kappa shape index (κ1) is 19.9. The summed E-state index contributed by atoms with van der Waals surface area (Å²) in [5, 5.41) is 17.6. The average molecular weight is 448 g/mol. The Morgan fingerprint density at radius 1 is 1.07 bits per heavy atom. The van der Waals surface area contributed by atoms with Gasteiger partial charge in [0.1, 0.15) is 5.69 Å². The lowest BCUT2D eigenvalue weighted by Crippen LogP contribution is -2.06. The molecule has 4 rings (SSSR count). The van der Waals surface area contributed by atoms with Crippen LogP contribution in [0.5, 0.6) is 0 Å².